The van der Waals surface area contributed by atoms with E-state index in [1.54, 1.807) is 42.3 Å². The molecule has 3 rings (SSSR count). The smallest absolute Gasteiger partial charge is 0.250 e. The lowest BCUT2D eigenvalue weighted by Gasteiger charge is -2.40. The molecular formula is C25H31ClFN3O3. The monoisotopic (exact) mass is 475 g/mol. The number of carbonyl (C=O) groups is 2. The molecule has 33 heavy (non-hydrogen) atoms. The zero-order valence-corrected chi connectivity index (χ0v) is 20.2. The summed E-state index contributed by atoms with van der Waals surface area (Å²) in [5.41, 5.74) is 1.84. The number of alkyl halides is 1. The van der Waals surface area contributed by atoms with E-state index < -0.39 is 17.8 Å². The van der Waals surface area contributed by atoms with Gasteiger partial charge in [0.25, 0.3) is 5.91 Å². The summed E-state index contributed by atoms with van der Waals surface area (Å²) in [5.74, 6) is -0.365. The van der Waals surface area contributed by atoms with Crippen molar-refractivity contribution in [2.75, 3.05) is 37.5 Å². The molecule has 0 bridgehead atoms. The summed E-state index contributed by atoms with van der Waals surface area (Å²) in [6.07, 6.45) is 0. The van der Waals surface area contributed by atoms with Gasteiger partial charge in [-0.3, -0.25) is 14.5 Å². The first-order valence-corrected chi connectivity index (χ1v) is 11.6. The number of aryl methyl sites for hydroxylation is 1. The van der Waals surface area contributed by atoms with Gasteiger partial charge in [-0.15, -0.1) is 11.6 Å². The molecule has 2 aromatic rings. The van der Waals surface area contributed by atoms with Gasteiger partial charge in [0.15, 0.2) is 0 Å². The van der Waals surface area contributed by atoms with E-state index in [1.807, 2.05) is 6.92 Å². The van der Waals surface area contributed by atoms with Crippen LogP contribution in [0.5, 0.6) is 5.75 Å². The van der Waals surface area contributed by atoms with Crippen LogP contribution in [0.15, 0.2) is 42.5 Å². The lowest BCUT2D eigenvalue weighted by Crippen LogP contribution is -2.57. The Hall–Kier alpha value is -2.64. The van der Waals surface area contributed by atoms with Crippen molar-refractivity contribution in [1.82, 2.24) is 10.2 Å². The number of amides is 2. The van der Waals surface area contributed by atoms with Gasteiger partial charge in [0.2, 0.25) is 5.91 Å². The topological polar surface area (TPSA) is 61.9 Å². The van der Waals surface area contributed by atoms with Crippen LogP contribution >= 0.6 is 11.6 Å². The first-order chi connectivity index (χ1) is 15.8. The molecule has 2 amide bonds. The van der Waals surface area contributed by atoms with Gasteiger partial charge in [-0.25, -0.2) is 4.39 Å². The Bertz CT molecular complexity index is 983. The Morgan fingerprint density at radius 2 is 1.94 bits per heavy atom. The van der Waals surface area contributed by atoms with E-state index in [-0.39, 0.29) is 17.8 Å². The molecule has 0 radical (unpaired) electrons. The van der Waals surface area contributed by atoms with Gasteiger partial charge >= 0.3 is 0 Å². The summed E-state index contributed by atoms with van der Waals surface area (Å²) in [4.78, 5) is 30.3. The number of ether oxygens (including phenoxy) is 1. The number of rotatable bonds is 7. The molecule has 0 spiro atoms. The number of methoxy groups -OCH3 is 1. The van der Waals surface area contributed by atoms with Crippen molar-refractivity contribution in [3.8, 4) is 5.75 Å². The first-order valence-electron chi connectivity index (χ1n) is 11.1. The Balaban J connectivity index is 2.10. The number of hydrogen-bond acceptors (Lipinski definition) is 4. The number of hydrogen-bond donors (Lipinski definition) is 1. The molecule has 0 aliphatic carbocycles. The summed E-state index contributed by atoms with van der Waals surface area (Å²) in [5, 5.41) is 3.45. The zero-order chi connectivity index (χ0) is 24.1. The number of nitrogens with zero attached hydrogens (tertiary/aromatic N) is 2. The fraction of sp³-hybridized carbons (Fsp3) is 0.440. The molecule has 1 N–H and O–H groups in total. The third-order valence-electron chi connectivity index (χ3n) is 6.05. The summed E-state index contributed by atoms with van der Waals surface area (Å²) in [6, 6.07) is 10.2. The second-order valence-corrected chi connectivity index (χ2v) is 8.86. The highest BCUT2D eigenvalue weighted by molar-refractivity contribution is 6.30. The van der Waals surface area contributed by atoms with Gasteiger partial charge < -0.3 is 15.0 Å². The number of carbonyl (C=O) groups excluding carboxylic acids is 2. The second-order valence-electron chi connectivity index (χ2n) is 8.59. The molecule has 0 unspecified atom stereocenters. The Morgan fingerprint density at radius 1 is 1.24 bits per heavy atom. The number of piperazine rings is 1. The molecule has 2 atom stereocenters. The highest BCUT2D eigenvalue weighted by atomic mass is 35.5. The van der Waals surface area contributed by atoms with Crippen LogP contribution in [-0.2, 0) is 9.59 Å². The summed E-state index contributed by atoms with van der Waals surface area (Å²) < 4.78 is 19.0. The van der Waals surface area contributed by atoms with Crippen molar-refractivity contribution >= 4 is 29.1 Å². The van der Waals surface area contributed by atoms with Crippen LogP contribution < -0.4 is 15.0 Å². The summed E-state index contributed by atoms with van der Waals surface area (Å²) in [6.45, 7) is 7.76. The average Bonchev–Trinajstić information content (AvgIpc) is 2.82. The zero-order valence-electron chi connectivity index (χ0n) is 19.5. The first kappa shape index (κ1) is 25.0. The molecule has 0 saturated carbocycles. The Morgan fingerprint density at radius 3 is 2.52 bits per heavy atom. The van der Waals surface area contributed by atoms with Crippen molar-refractivity contribution in [3.05, 3.63) is 59.4 Å². The van der Waals surface area contributed by atoms with Crippen LogP contribution in [0.4, 0.5) is 10.1 Å². The predicted octanol–water partition coefficient (Wildman–Crippen LogP) is 3.91. The van der Waals surface area contributed by atoms with Crippen molar-refractivity contribution < 1.29 is 18.7 Å². The predicted molar refractivity (Wildman–Crippen MR) is 128 cm³/mol. The summed E-state index contributed by atoms with van der Waals surface area (Å²) >= 11 is 6.01. The lowest BCUT2D eigenvalue weighted by atomic mass is 9.98. The summed E-state index contributed by atoms with van der Waals surface area (Å²) in [7, 11) is 1.57. The third-order valence-corrected chi connectivity index (χ3v) is 6.27. The minimum absolute atomic E-state index is 0.150. The number of anilines is 1. The van der Waals surface area contributed by atoms with Crippen molar-refractivity contribution in [1.29, 1.82) is 0 Å². The van der Waals surface area contributed by atoms with E-state index in [9.17, 15) is 14.0 Å². The molecule has 0 aromatic heterocycles. The second kappa shape index (κ2) is 11.0. The third kappa shape index (κ3) is 5.65. The lowest BCUT2D eigenvalue weighted by molar-refractivity contribution is -0.135. The van der Waals surface area contributed by atoms with Gasteiger partial charge in [0.1, 0.15) is 23.5 Å². The Kier molecular flexibility index (Phi) is 8.32. The van der Waals surface area contributed by atoms with E-state index in [2.05, 4.69) is 19.2 Å². The van der Waals surface area contributed by atoms with Crippen LogP contribution in [0, 0.1) is 18.7 Å². The van der Waals surface area contributed by atoms with Gasteiger partial charge in [0.05, 0.1) is 7.11 Å². The van der Waals surface area contributed by atoms with Crippen molar-refractivity contribution in [3.63, 3.8) is 0 Å². The van der Waals surface area contributed by atoms with E-state index in [0.717, 1.165) is 5.56 Å². The fourth-order valence-electron chi connectivity index (χ4n) is 4.15. The van der Waals surface area contributed by atoms with Crippen LogP contribution in [0.25, 0.3) is 0 Å². The SMILES string of the molecule is COc1ccc(N(C(=O)CCl)[C@@H](C(=O)N2CCN[C@@H](C(C)C)C2)c2ccc(F)cc2)c(C)c1. The van der Waals surface area contributed by atoms with Crippen LogP contribution in [0.2, 0.25) is 0 Å². The molecular weight excluding hydrogens is 445 g/mol. The fourth-order valence-corrected chi connectivity index (χ4v) is 4.28. The van der Waals surface area contributed by atoms with E-state index in [0.29, 0.717) is 42.6 Å². The maximum atomic E-state index is 14.0. The molecule has 178 valence electrons. The molecule has 2 aromatic carbocycles. The highest BCUT2D eigenvalue weighted by Gasteiger charge is 2.37. The quantitative estimate of drug-likeness (QED) is 0.617. The standard InChI is InChI=1S/C25H31ClFN3O3/c1-16(2)21-15-29(12-11-28-21)25(32)24(18-5-7-19(27)8-6-18)30(23(31)14-26)22-10-9-20(33-4)13-17(22)3/h5-10,13,16,21,24,28H,11-12,14-15H2,1-4H3/t21-,24-/m1/s1. The van der Waals surface area contributed by atoms with E-state index >= 15 is 0 Å². The minimum Gasteiger partial charge on any atom is -0.497 e. The van der Waals surface area contributed by atoms with Gasteiger partial charge in [-0.05, 0) is 54.3 Å². The van der Waals surface area contributed by atoms with Crippen LogP contribution in [0.3, 0.4) is 0 Å². The van der Waals surface area contributed by atoms with Gasteiger partial charge in [0, 0.05) is 31.4 Å². The molecule has 1 heterocycles. The largest absolute Gasteiger partial charge is 0.497 e. The number of nitrogens with one attached hydrogen (secondary N) is 1. The van der Waals surface area contributed by atoms with Gasteiger partial charge in [-0.1, -0.05) is 26.0 Å². The molecule has 6 nitrogen and oxygen atoms in total. The highest BCUT2D eigenvalue weighted by Crippen LogP contribution is 2.34. The normalized spacial score (nSPS) is 17.1. The molecule has 1 fully saturated rings. The molecule has 1 aliphatic rings. The molecule has 1 aliphatic heterocycles. The van der Waals surface area contributed by atoms with Crippen LogP contribution in [0.1, 0.15) is 31.0 Å². The maximum absolute atomic E-state index is 14.0. The van der Waals surface area contributed by atoms with Crippen molar-refractivity contribution in [2.24, 2.45) is 5.92 Å². The average molecular weight is 476 g/mol. The van der Waals surface area contributed by atoms with E-state index in [4.69, 9.17) is 16.3 Å². The van der Waals surface area contributed by atoms with E-state index in [1.165, 1.54) is 17.0 Å². The van der Waals surface area contributed by atoms with Crippen LogP contribution in [-0.4, -0.2) is 55.4 Å². The van der Waals surface area contributed by atoms with Gasteiger partial charge in [-0.2, -0.15) is 0 Å². The molecule has 1 saturated heterocycles. The van der Waals surface area contributed by atoms with Crippen molar-refractivity contribution in [2.45, 2.75) is 32.9 Å². The number of benzene rings is 2. The number of halogens is 2. The molecule has 8 heteroatoms. The maximum Gasteiger partial charge on any atom is 0.250 e. The minimum atomic E-state index is -0.977. The Labute approximate surface area is 199 Å².